The standard InChI is InChI=1S/C22H26N6O/c1-13-17(12-24-27(13)2)19-3-4-23-20-8-18(26-28(19)20)21(29)25-22-9-14-5-15(10-22)7-16(6-14)11-22/h3-4,8,12,14-16H,5-7,9-11H2,1-2H3,(H,25,29). The third-order valence-electron chi connectivity index (χ3n) is 7.52. The average Bonchev–Trinajstić information content (AvgIpc) is 3.24. The van der Waals surface area contributed by atoms with Crippen LogP contribution in [0.5, 0.6) is 0 Å². The van der Waals surface area contributed by atoms with Crippen molar-refractivity contribution in [3.8, 4) is 11.3 Å². The number of nitrogens with zero attached hydrogens (tertiary/aromatic N) is 5. The van der Waals surface area contributed by atoms with E-state index < -0.39 is 0 Å². The van der Waals surface area contributed by atoms with Crippen molar-refractivity contribution in [3.05, 3.63) is 35.9 Å². The van der Waals surface area contributed by atoms with E-state index in [0.717, 1.165) is 54.0 Å². The van der Waals surface area contributed by atoms with E-state index in [1.54, 1.807) is 16.8 Å². The summed E-state index contributed by atoms with van der Waals surface area (Å²) in [6.45, 7) is 2.03. The molecule has 0 spiro atoms. The molecule has 29 heavy (non-hydrogen) atoms. The van der Waals surface area contributed by atoms with Crippen molar-refractivity contribution in [1.29, 1.82) is 0 Å². The van der Waals surface area contributed by atoms with E-state index >= 15 is 0 Å². The molecule has 0 saturated heterocycles. The summed E-state index contributed by atoms with van der Waals surface area (Å²) in [4.78, 5) is 17.6. The Bertz CT molecular complexity index is 1090. The van der Waals surface area contributed by atoms with Crippen molar-refractivity contribution >= 4 is 11.6 Å². The number of carbonyl (C=O) groups excluding carboxylic acids is 1. The molecule has 7 heteroatoms. The minimum Gasteiger partial charge on any atom is -0.345 e. The molecule has 4 bridgehead atoms. The smallest absolute Gasteiger partial charge is 0.272 e. The number of hydrogen-bond donors (Lipinski definition) is 1. The topological polar surface area (TPSA) is 77.1 Å². The lowest BCUT2D eigenvalue weighted by molar-refractivity contribution is -0.0167. The molecule has 0 radical (unpaired) electrons. The first-order valence-corrected chi connectivity index (χ1v) is 10.7. The molecule has 0 aliphatic heterocycles. The van der Waals surface area contributed by atoms with Crippen LogP contribution in [0.2, 0.25) is 0 Å². The summed E-state index contributed by atoms with van der Waals surface area (Å²) in [7, 11) is 1.92. The molecule has 0 unspecified atom stereocenters. The summed E-state index contributed by atoms with van der Waals surface area (Å²) < 4.78 is 3.60. The van der Waals surface area contributed by atoms with Gasteiger partial charge in [-0.2, -0.15) is 10.2 Å². The highest BCUT2D eigenvalue weighted by atomic mass is 16.2. The molecule has 4 aliphatic carbocycles. The van der Waals surface area contributed by atoms with Gasteiger partial charge in [0.25, 0.3) is 5.91 Å². The molecule has 0 atom stereocenters. The molecule has 4 fully saturated rings. The molecule has 1 amide bonds. The molecule has 7 rings (SSSR count). The number of carbonyl (C=O) groups is 1. The molecule has 7 nitrogen and oxygen atoms in total. The van der Waals surface area contributed by atoms with Crippen LogP contribution < -0.4 is 5.32 Å². The predicted octanol–water partition coefficient (Wildman–Crippen LogP) is 3.14. The fourth-order valence-electron chi connectivity index (χ4n) is 6.53. The van der Waals surface area contributed by atoms with Crippen LogP contribution >= 0.6 is 0 Å². The van der Waals surface area contributed by atoms with Crippen LogP contribution in [0.4, 0.5) is 0 Å². The first kappa shape index (κ1) is 17.2. The van der Waals surface area contributed by atoms with Crippen molar-refractivity contribution in [1.82, 2.24) is 29.7 Å². The average molecular weight is 390 g/mol. The molecule has 0 aromatic carbocycles. The number of aryl methyl sites for hydroxylation is 1. The fraction of sp³-hybridized carbons (Fsp3) is 0.545. The number of amides is 1. The minimum absolute atomic E-state index is 0.0160. The number of hydrogen-bond acceptors (Lipinski definition) is 4. The lowest BCUT2D eigenvalue weighted by Gasteiger charge is -2.56. The third kappa shape index (κ3) is 2.63. The monoisotopic (exact) mass is 390 g/mol. The Morgan fingerprint density at radius 3 is 2.48 bits per heavy atom. The van der Waals surface area contributed by atoms with Crippen LogP contribution in [0.1, 0.15) is 54.7 Å². The van der Waals surface area contributed by atoms with Gasteiger partial charge in [-0.15, -0.1) is 0 Å². The van der Waals surface area contributed by atoms with Gasteiger partial charge in [0, 0.05) is 36.1 Å². The summed E-state index contributed by atoms with van der Waals surface area (Å²) in [5, 5.41) is 12.4. The van der Waals surface area contributed by atoms with Gasteiger partial charge < -0.3 is 5.32 Å². The number of rotatable bonds is 3. The lowest BCUT2D eigenvalue weighted by Crippen LogP contribution is -2.59. The lowest BCUT2D eigenvalue weighted by atomic mass is 9.53. The zero-order valence-corrected chi connectivity index (χ0v) is 16.9. The van der Waals surface area contributed by atoms with Crippen LogP contribution in [0, 0.1) is 24.7 Å². The quantitative estimate of drug-likeness (QED) is 0.745. The van der Waals surface area contributed by atoms with Gasteiger partial charge in [0.05, 0.1) is 11.9 Å². The highest BCUT2D eigenvalue weighted by Crippen LogP contribution is 2.55. The van der Waals surface area contributed by atoms with E-state index in [4.69, 9.17) is 0 Å². The van der Waals surface area contributed by atoms with Crippen molar-refractivity contribution in [3.63, 3.8) is 0 Å². The molecule has 1 N–H and O–H groups in total. The highest BCUT2D eigenvalue weighted by molar-refractivity contribution is 5.94. The Morgan fingerprint density at radius 2 is 1.86 bits per heavy atom. The molecule has 3 heterocycles. The second-order valence-electron chi connectivity index (χ2n) is 9.55. The summed E-state index contributed by atoms with van der Waals surface area (Å²) in [5.41, 5.74) is 4.05. The largest absolute Gasteiger partial charge is 0.345 e. The molecule has 4 aliphatic rings. The number of fused-ring (bicyclic) bond motifs is 1. The van der Waals surface area contributed by atoms with Crippen LogP contribution in [0.3, 0.4) is 0 Å². The van der Waals surface area contributed by atoms with Gasteiger partial charge in [0.15, 0.2) is 11.3 Å². The van der Waals surface area contributed by atoms with Crippen molar-refractivity contribution in [2.75, 3.05) is 0 Å². The predicted molar refractivity (Wildman–Crippen MR) is 108 cm³/mol. The van der Waals surface area contributed by atoms with E-state index in [1.165, 1.54) is 19.3 Å². The van der Waals surface area contributed by atoms with Gasteiger partial charge in [0.2, 0.25) is 0 Å². The molecule has 3 aromatic heterocycles. The van der Waals surface area contributed by atoms with E-state index in [0.29, 0.717) is 11.3 Å². The molecular formula is C22H26N6O. The molecule has 150 valence electrons. The maximum Gasteiger partial charge on any atom is 0.272 e. The molecule has 4 saturated carbocycles. The van der Waals surface area contributed by atoms with Crippen LogP contribution in [-0.4, -0.2) is 35.8 Å². The zero-order chi connectivity index (χ0) is 19.8. The van der Waals surface area contributed by atoms with Gasteiger partial charge >= 0.3 is 0 Å². The van der Waals surface area contributed by atoms with E-state index in [9.17, 15) is 4.79 Å². The van der Waals surface area contributed by atoms with E-state index in [2.05, 4.69) is 20.5 Å². The Kier molecular flexibility index (Phi) is 3.50. The Morgan fingerprint density at radius 1 is 1.17 bits per heavy atom. The molecular weight excluding hydrogens is 364 g/mol. The first-order chi connectivity index (χ1) is 14.0. The summed E-state index contributed by atoms with van der Waals surface area (Å²) in [6, 6.07) is 3.72. The third-order valence-corrected chi connectivity index (χ3v) is 7.52. The molecule has 3 aromatic rings. The summed E-state index contributed by atoms with van der Waals surface area (Å²) in [6.07, 6.45) is 11.1. The maximum absolute atomic E-state index is 13.2. The van der Waals surface area contributed by atoms with Crippen molar-refractivity contribution in [2.45, 2.75) is 51.0 Å². The van der Waals surface area contributed by atoms with Crippen LogP contribution in [0.15, 0.2) is 24.5 Å². The minimum atomic E-state index is -0.0636. The summed E-state index contributed by atoms with van der Waals surface area (Å²) in [5.74, 6) is 2.32. The van der Waals surface area contributed by atoms with Crippen molar-refractivity contribution < 1.29 is 4.79 Å². The van der Waals surface area contributed by atoms with Gasteiger partial charge in [-0.25, -0.2) is 9.50 Å². The van der Waals surface area contributed by atoms with E-state index in [-0.39, 0.29) is 11.4 Å². The SMILES string of the molecule is Cc1c(-c2ccnc3cc(C(=O)NC45CC6CC(CC(C6)C4)C5)nn23)cnn1C. The van der Waals surface area contributed by atoms with Crippen LogP contribution in [-0.2, 0) is 7.05 Å². The summed E-state index contributed by atoms with van der Waals surface area (Å²) >= 11 is 0. The Labute approximate surface area is 169 Å². The van der Waals surface area contributed by atoms with Crippen molar-refractivity contribution in [2.24, 2.45) is 24.8 Å². The maximum atomic E-state index is 13.2. The fourth-order valence-corrected chi connectivity index (χ4v) is 6.53. The normalized spacial score (nSPS) is 30.2. The second kappa shape index (κ2) is 5.90. The Hall–Kier alpha value is -2.70. The zero-order valence-electron chi connectivity index (χ0n) is 16.9. The second-order valence-corrected chi connectivity index (χ2v) is 9.55. The van der Waals surface area contributed by atoms with Gasteiger partial charge in [-0.3, -0.25) is 9.48 Å². The van der Waals surface area contributed by atoms with Gasteiger partial charge in [-0.05, 0) is 69.3 Å². The van der Waals surface area contributed by atoms with Crippen LogP contribution in [0.25, 0.3) is 16.9 Å². The van der Waals surface area contributed by atoms with Gasteiger partial charge in [0.1, 0.15) is 0 Å². The highest BCUT2D eigenvalue weighted by Gasteiger charge is 2.51. The van der Waals surface area contributed by atoms with Gasteiger partial charge in [-0.1, -0.05) is 0 Å². The Balaban J connectivity index is 1.33. The number of nitrogens with one attached hydrogen (secondary N) is 1. The first-order valence-electron chi connectivity index (χ1n) is 10.7. The van der Waals surface area contributed by atoms with E-state index in [1.807, 2.05) is 30.9 Å². The number of aromatic nitrogens is 5.